The van der Waals surface area contributed by atoms with E-state index in [1.165, 1.54) is 6.07 Å². The van der Waals surface area contributed by atoms with Crippen molar-refractivity contribution in [3.63, 3.8) is 0 Å². The molecule has 0 aromatic heterocycles. The number of urea groups is 1. The molecule has 108 valence electrons. The summed E-state index contributed by atoms with van der Waals surface area (Å²) in [7, 11) is 0. The Labute approximate surface area is 124 Å². The molecule has 1 aliphatic rings. The summed E-state index contributed by atoms with van der Waals surface area (Å²) in [5.74, 6) is -1.05. The number of ether oxygens (including phenoxy) is 1. The highest BCUT2D eigenvalue weighted by Crippen LogP contribution is 2.21. The van der Waals surface area contributed by atoms with Crippen LogP contribution in [0.1, 0.15) is 23.2 Å². The number of aromatic carboxylic acids is 1. The molecule has 1 heterocycles. The summed E-state index contributed by atoms with van der Waals surface area (Å²) in [6, 6.07) is 4.26. The molecule has 1 aliphatic heterocycles. The second-order valence-electron chi connectivity index (χ2n) is 4.51. The van der Waals surface area contributed by atoms with Gasteiger partial charge in [-0.2, -0.15) is 0 Å². The van der Waals surface area contributed by atoms with Crippen LogP contribution in [0.25, 0.3) is 0 Å². The van der Waals surface area contributed by atoms with Crippen molar-refractivity contribution in [1.29, 1.82) is 0 Å². The third-order valence-corrected chi connectivity index (χ3v) is 3.64. The van der Waals surface area contributed by atoms with Gasteiger partial charge in [0.1, 0.15) is 0 Å². The SMILES string of the molecule is O=C(Nc1ccc(Br)c(C(=O)O)c1)NC1CCCOC1. The quantitative estimate of drug-likeness (QED) is 0.787. The lowest BCUT2D eigenvalue weighted by molar-refractivity contribution is 0.0696. The number of benzene rings is 1. The number of carboxylic acid groups (broad SMARTS) is 1. The molecular formula is C13H15BrN2O4. The van der Waals surface area contributed by atoms with E-state index in [0.29, 0.717) is 16.8 Å². The molecule has 2 amide bonds. The number of nitrogens with one attached hydrogen (secondary N) is 2. The molecule has 1 saturated heterocycles. The molecule has 1 aromatic carbocycles. The zero-order chi connectivity index (χ0) is 14.5. The zero-order valence-corrected chi connectivity index (χ0v) is 12.3. The van der Waals surface area contributed by atoms with Crippen LogP contribution in [-0.2, 0) is 4.74 Å². The predicted molar refractivity (Wildman–Crippen MR) is 77.1 cm³/mol. The van der Waals surface area contributed by atoms with Crippen LogP contribution in [0, 0.1) is 0 Å². The highest BCUT2D eigenvalue weighted by atomic mass is 79.9. The van der Waals surface area contributed by atoms with Crippen LogP contribution in [0.3, 0.4) is 0 Å². The maximum Gasteiger partial charge on any atom is 0.336 e. The molecule has 0 aliphatic carbocycles. The number of rotatable bonds is 3. The number of amides is 2. The fraction of sp³-hybridized carbons (Fsp3) is 0.385. The molecule has 20 heavy (non-hydrogen) atoms. The second kappa shape index (κ2) is 6.71. The Bertz CT molecular complexity index is 515. The lowest BCUT2D eigenvalue weighted by Crippen LogP contribution is -2.42. The van der Waals surface area contributed by atoms with E-state index in [1.807, 2.05) is 0 Å². The minimum absolute atomic E-state index is 0.00172. The fourth-order valence-corrected chi connectivity index (χ4v) is 2.39. The minimum atomic E-state index is -1.05. The Hall–Kier alpha value is -1.60. The highest BCUT2D eigenvalue weighted by molar-refractivity contribution is 9.10. The number of hydrogen-bond acceptors (Lipinski definition) is 3. The van der Waals surface area contributed by atoms with Gasteiger partial charge in [0.25, 0.3) is 0 Å². The minimum Gasteiger partial charge on any atom is -0.478 e. The Kier molecular flexibility index (Phi) is 4.97. The number of halogens is 1. The first-order chi connectivity index (χ1) is 9.56. The third kappa shape index (κ3) is 3.94. The van der Waals surface area contributed by atoms with E-state index in [1.54, 1.807) is 12.1 Å². The van der Waals surface area contributed by atoms with E-state index in [-0.39, 0.29) is 17.6 Å². The van der Waals surface area contributed by atoms with Gasteiger partial charge in [0.05, 0.1) is 18.2 Å². The van der Waals surface area contributed by atoms with Crippen molar-refractivity contribution in [1.82, 2.24) is 5.32 Å². The van der Waals surface area contributed by atoms with Crippen molar-refractivity contribution in [2.24, 2.45) is 0 Å². The average Bonchev–Trinajstić information content (AvgIpc) is 2.41. The van der Waals surface area contributed by atoms with Gasteiger partial charge in [0.15, 0.2) is 0 Å². The smallest absolute Gasteiger partial charge is 0.336 e. The van der Waals surface area contributed by atoms with Crippen LogP contribution in [0.2, 0.25) is 0 Å². The van der Waals surface area contributed by atoms with Gasteiger partial charge in [-0.1, -0.05) is 0 Å². The number of hydrogen-bond donors (Lipinski definition) is 3. The molecule has 1 atom stereocenters. The van der Waals surface area contributed by atoms with Gasteiger partial charge < -0.3 is 20.5 Å². The molecule has 1 fully saturated rings. The fourth-order valence-electron chi connectivity index (χ4n) is 1.97. The summed E-state index contributed by atoms with van der Waals surface area (Å²) in [5, 5.41) is 14.4. The van der Waals surface area contributed by atoms with Crippen LogP contribution in [0.5, 0.6) is 0 Å². The highest BCUT2D eigenvalue weighted by Gasteiger charge is 2.16. The molecular weight excluding hydrogens is 328 g/mol. The molecule has 1 aromatic rings. The Morgan fingerprint density at radius 2 is 2.20 bits per heavy atom. The number of carbonyl (C=O) groups is 2. The molecule has 2 rings (SSSR count). The molecule has 0 saturated carbocycles. The maximum absolute atomic E-state index is 11.8. The summed E-state index contributed by atoms with van der Waals surface area (Å²) in [6.45, 7) is 1.24. The van der Waals surface area contributed by atoms with Crippen molar-refractivity contribution in [3.05, 3.63) is 28.2 Å². The molecule has 0 radical (unpaired) electrons. The number of carbonyl (C=O) groups excluding carboxylic acids is 1. The summed E-state index contributed by atoms with van der Waals surface area (Å²) in [5.41, 5.74) is 0.531. The maximum atomic E-state index is 11.8. The van der Waals surface area contributed by atoms with Gasteiger partial charge in [-0.3, -0.25) is 0 Å². The molecule has 7 heteroatoms. The summed E-state index contributed by atoms with van der Waals surface area (Å²) < 4.78 is 5.74. The molecule has 0 bridgehead atoms. The molecule has 3 N–H and O–H groups in total. The van der Waals surface area contributed by atoms with E-state index in [9.17, 15) is 9.59 Å². The monoisotopic (exact) mass is 342 g/mol. The average molecular weight is 343 g/mol. The van der Waals surface area contributed by atoms with Crippen molar-refractivity contribution < 1.29 is 19.4 Å². The Morgan fingerprint density at radius 1 is 1.40 bits per heavy atom. The van der Waals surface area contributed by atoms with E-state index in [4.69, 9.17) is 9.84 Å². The van der Waals surface area contributed by atoms with Gasteiger partial charge in [0, 0.05) is 16.8 Å². The van der Waals surface area contributed by atoms with Crippen molar-refractivity contribution in [2.45, 2.75) is 18.9 Å². The molecule has 6 nitrogen and oxygen atoms in total. The van der Waals surface area contributed by atoms with Crippen LogP contribution in [-0.4, -0.2) is 36.4 Å². The van der Waals surface area contributed by atoms with E-state index in [0.717, 1.165) is 19.4 Å². The number of anilines is 1. The van der Waals surface area contributed by atoms with Gasteiger partial charge >= 0.3 is 12.0 Å². The van der Waals surface area contributed by atoms with Gasteiger partial charge in [-0.15, -0.1) is 0 Å². The summed E-state index contributed by atoms with van der Waals surface area (Å²) in [6.07, 6.45) is 1.81. The first-order valence-corrected chi connectivity index (χ1v) is 7.03. The third-order valence-electron chi connectivity index (χ3n) is 2.95. The number of carboxylic acids is 1. The van der Waals surface area contributed by atoms with Crippen molar-refractivity contribution in [3.8, 4) is 0 Å². The van der Waals surface area contributed by atoms with Gasteiger partial charge in [0.2, 0.25) is 0 Å². The first-order valence-electron chi connectivity index (χ1n) is 6.24. The summed E-state index contributed by atoms with van der Waals surface area (Å²) >= 11 is 3.15. The van der Waals surface area contributed by atoms with E-state index in [2.05, 4.69) is 26.6 Å². The summed E-state index contributed by atoms with van der Waals surface area (Å²) in [4.78, 5) is 22.8. The molecule has 0 spiro atoms. The first kappa shape index (κ1) is 14.8. The Morgan fingerprint density at radius 3 is 2.85 bits per heavy atom. The predicted octanol–water partition coefficient (Wildman–Crippen LogP) is 2.45. The Balaban J connectivity index is 1.96. The van der Waals surface area contributed by atoms with E-state index < -0.39 is 5.97 Å². The lowest BCUT2D eigenvalue weighted by Gasteiger charge is -2.23. The van der Waals surface area contributed by atoms with Crippen LogP contribution in [0.15, 0.2) is 22.7 Å². The lowest BCUT2D eigenvalue weighted by atomic mass is 10.1. The van der Waals surface area contributed by atoms with Crippen molar-refractivity contribution >= 4 is 33.6 Å². The van der Waals surface area contributed by atoms with Gasteiger partial charge in [-0.25, -0.2) is 9.59 Å². The van der Waals surface area contributed by atoms with Crippen LogP contribution >= 0.6 is 15.9 Å². The van der Waals surface area contributed by atoms with E-state index >= 15 is 0 Å². The second-order valence-corrected chi connectivity index (χ2v) is 5.37. The standard InChI is InChI=1S/C13H15BrN2O4/c14-11-4-3-8(6-10(11)12(17)18)15-13(19)16-9-2-1-5-20-7-9/h3-4,6,9H,1-2,5,7H2,(H,17,18)(H2,15,16,19). The largest absolute Gasteiger partial charge is 0.478 e. The van der Waals surface area contributed by atoms with Crippen LogP contribution < -0.4 is 10.6 Å². The topological polar surface area (TPSA) is 87.7 Å². The van der Waals surface area contributed by atoms with Gasteiger partial charge in [-0.05, 0) is 47.0 Å². The zero-order valence-electron chi connectivity index (χ0n) is 10.7. The van der Waals surface area contributed by atoms with Crippen LogP contribution in [0.4, 0.5) is 10.5 Å². The van der Waals surface area contributed by atoms with Crippen molar-refractivity contribution in [2.75, 3.05) is 18.5 Å². The molecule has 1 unspecified atom stereocenters. The normalized spacial score (nSPS) is 18.4.